The first-order valence-corrected chi connectivity index (χ1v) is 13.1. The van der Waals surface area contributed by atoms with Gasteiger partial charge in [0.1, 0.15) is 23.2 Å². The highest BCUT2D eigenvalue weighted by Crippen LogP contribution is 2.31. The first-order valence-electron chi connectivity index (χ1n) is 12.4. The highest BCUT2D eigenvalue weighted by molar-refractivity contribution is 6.36. The lowest BCUT2D eigenvalue weighted by molar-refractivity contribution is -0.192. The number of nitriles is 1. The minimum atomic E-state index is -5.08. The van der Waals surface area contributed by atoms with Crippen molar-refractivity contribution < 1.29 is 38.1 Å². The molecule has 0 aliphatic carbocycles. The molecule has 3 heterocycles. The van der Waals surface area contributed by atoms with Crippen LogP contribution in [0.25, 0.3) is 16.9 Å². The average Bonchev–Trinajstić information content (AvgIpc) is 3.43. The molecule has 0 fully saturated rings. The minimum absolute atomic E-state index is 0.0796. The van der Waals surface area contributed by atoms with E-state index in [1.807, 2.05) is 6.07 Å². The number of hydrogen-bond donors (Lipinski definition) is 6. The second-order valence-electron chi connectivity index (χ2n) is 8.68. The Morgan fingerprint density at radius 1 is 1.05 bits per heavy atom. The van der Waals surface area contributed by atoms with Gasteiger partial charge in [-0.25, -0.2) is 19.7 Å². The van der Waals surface area contributed by atoms with Gasteiger partial charge in [0.05, 0.1) is 35.5 Å². The Balaban J connectivity index is 0.000000676. The van der Waals surface area contributed by atoms with E-state index in [-0.39, 0.29) is 5.69 Å². The van der Waals surface area contributed by atoms with E-state index in [4.69, 9.17) is 38.4 Å². The number of carboxylic acid groups (broad SMARTS) is 1. The molecule has 6 N–H and O–H groups in total. The number of halogens is 5. The molecule has 232 valence electrons. The largest absolute Gasteiger partial charge is 0.490 e. The van der Waals surface area contributed by atoms with Crippen LogP contribution in [0.15, 0.2) is 48.8 Å². The van der Waals surface area contributed by atoms with Crippen molar-refractivity contribution >= 4 is 52.5 Å². The van der Waals surface area contributed by atoms with Gasteiger partial charge in [-0.2, -0.15) is 18.4 Å². The minimum Gasteiger partial charge on any atom is -0.475 e. The highest BCUT2D eigenvalue weighted by atomic mass is 35.5. The van der Waals surface area contributed by atoms with Crippen LogP contribution in [0.1, 0.15) is 16.1 Å². The number of aromatic nitrogens is 4. The third-order valence-electron chi connectivity index (χ3n) is 5.52. The topological polar surface area (TPSA) is 198 Å². The fraction of sp³-hybridized carbons (Fsp3) is 0.231. The lowest BCUT2D eigenvalue weighted by Gasteiger charge is -2.12. The number of nitrogens with one attached hydrogen (secondary N) is 3. The van der Waals surface area contributed by atoms with Gasteiger partial charge in [0.25, 0.3) is 5.91 Å². The number of pyridine rings is 1. The van der Waals surface area contributed by atoms with Crippen LogP contribution in [0.4, 0.5) is 24.9 Å². The highest BCUT2D eigenvalue weighted by Gasteiger charge is 2.38. The molecule has 0 radical (unpaired) electrons. The third-order valence-corrected chi connectivity index (χ3v) is 6.07. The van der Waals surface area contributed by atoms with E-state index < -0.39 is 37.3 Å². The van der Waals surface area contributed by atoms with E-state index in [1.165, 1.54) is 12.4 Å². The van der Waals surface area contributed by atoms with Crippen molar-refractivity contribution in [2.75, 3.05) is 36.9 Å². The standard InChI is InChI=1S/C24H22Cl2N8O3.C2HF3O2/c25-15-2-3-17(18(26)7-15)19-8-22-32-20(23(37)31-16(12-35)13-36)11-34(22)24(33-19)29-6-5-28-21-4-1-14(9-27)10-30-21;3-2(4,5)1(6)7/h1-4,7-8,10-11,16,35-36H,5-6,12-13H2,(H,28,30)(H,29,33)(H,31,37);(H,6,7). The van der Waals surface area contributed by atoms with E-state index in [1.54, 1.807) is 40.8 Å². The quantitative estimate of drug-likeness (QED) is 0.137. The third kappa shape index (κ3) is 9.15. The summed E-state index contributed by atoms with van der Waals surface area (Å²) < 4.78 is 33.4. The molecule has 4 rings (SSSR count). The van der Waals surface area contributed by atoms with E-state index in [9.17, 15) is 28.2 Å². The van der Waals surface area contributed by atoms with Crippen LogP contribution in [0.2, 0.25) is 10.0 Å². The Morgan fingerprint density at radius 3 is 2.30 bits per heavy atom. The molecule has 0 saturated heterocycles. The number of amides is 1. The molecule has 0 unspecified atom stereocenters. The van der Waals surface area contributed by atoms with Gasteiger partial charge in [-0.15, -0.1) is 0 Å². The van der Waals surface area contributed by atoms with Gasteiger partial charge in [0.15, 0.2) is 0 Å². The maximum atomic E-state index is 12.6. The molecular formula is C26H23Cl2F3N8O5. The molecule has 0 bridgehead atoms. The molecular weight excluding hydrogens is 632 g/mol. The molecule has 1 aromatic carbocycles. The number of benzene rings is 1. The van der Waals surface area contributed by atoms with Gasteiger partial charge < -0.3 is 31.3 Å². The van der Waals surface area contributed by atoms with Crippen molar-refractivity contribution in [1.82, 2.24) is 24.7 Å². The number of carbonyl (C=O) groups is 2. The normalized spacial score (nSPS) is 11.0. The Morgan fingerprint density at radius 2 is 1.73 bits per heavy atom. The summed E-state index contributed by atoms with van der Waals surface area (Å²) in [7, 11) is 0. The number of hydrogen-bond acceptors (Lipinski definition) is 10. The zero-order chi connectivity index (χ0) is 32.4. The summed E-state index contributed by atoms with van der Waals surface area (Å²) in [6.45, 7) is 0.0810. The van der Waals surface area contributed by atoms with Gasteiger partial charge >= 0.3 is 12.1 Å². The Kier molecular flexibility index (Phi) is 11.6. The van der Waals surface area contributed by atoms with Crippen LogP contribution in [-0.2, 0) is 4.79 Å². The number of anilines is 2. The van der Waals surface area contributed by atoms with Crippen LogP contribution in [0.3, 0.4) is 0 Å². The molecule has 0 saturated carbocycles. The smallest absolute Gasteiger partial charge is 0.475 e. The van der Waals surface area contributed by atoms with Gasteiger partial charge in [0, 0.05) is 42.1 Å². The first kappa shape index (κ1) is 33.8. The molecule has 4 aromatic rings. The molecule has 0 atom stereocenters. The zero-order valence-electron chi connectivity index (χ0n) is 22.3. The second kappa shape index (κ2) is 15.2. The zero-order valence-corrected chi connectivity index (χ0v) is 23.8. The summed E-state index contributed by atoms with van der Waals surface area (Å²) in [5.41, 5.74) is 2.12. The van der Waals surface area contributed by atoms with Crippen LogP contribution < -0.4 is 16.0 Å². The number of aliphatic carboxylic acids is 1. The lowest BCUT2D eigenvalue weighted by atomic mass is 10.1. The number of imidazole rings is 1. The number of carboxylic acids is 1. The fourth-order valence-electron chi connectivity index (χ4n) is 3.40. The van der Waals surface area contributed by atoms with Crippen molar-refractivity contribution in [3.05, 3.63) is 70.1 Å². The molecule has 3 aromatic heterocycles. The van der Waals surface area contributed by atoms with Gasteiger partial charge in [-0.1, -0.05) is 23.2 Å². The van der Waals surface area contributed by atoms with Gasteiger partial charge in [-0.3, -0.25) is 9.20 Å². The van der Waals surface area contributed by atoms with Crippen LogP contribution in [0, 0.1) is 11.3 Å². The van der Waals surface area contributed by atoms with Crippen LogP contribution in [-0.4, -0.2) is 85.1 Å². The predicted octanol–water partition coefficient (Wildman–Crippen LogP) is 3.21. The molecule has 18 heteroatoms. The summed E-state index contributed by atoms with van der Waals surface area (Å²) in [4.78, 5) is 34.8. The molecule has 13 nitrogen and oxygen atoms in total. The monoisotopic (exact) mass is 654 g/mol. The van der Waals surface area contributed by atoms with Gasteiger partial charge in [-0.05, 0) is 30.3 Å². The second-order valence-corrected chi connectivity index (χ2v) is 9.52. The number of aliphatic hydroxyl groups is 2. The van der Waals surface area contributed by atoms with Crippen molar-refractivity contribution in [2.45, 2.75) is 12.2 Å². The summed E-state index contributed by atoms with van der Waals surface area (Å²) in [5, 5.41) is 44.4. The lowest BCUT2D eigenvalue weighted by Crippen LogP contribution is -2.40. The number of aliphatic hydroxyl groups excluding tert-OH is 2. The maximum Gasteiger partial charge on any atom is 0.490 e. The maximum absolute atomic E-state index is 12.6. The van der Waals surface area contributed by atoms with E-state index in [0.29, 0.717) is 57.4 Å². The Hall–Kier alpha value is -4.69. The van der Waals surface area contributed by atoms with Gasteiger partial charge in [0.2, 0.25) is 5.95 Å². The average molecular weight is 655 g/mol. The fourth-order valence-corrected chi connectivity index (χ4v) is 3.90. The summed E-state index contributed by atoms with van der Waals surface area (Å²) >= 11 is 12.5. The summed E-state index contributed by atoms with van der Waals surface area (Å²) in [6, 6.07) is 11.3. The SMILES string of the molecule is N#Cc1ccc(NCCNc2nc(-c3ccc(Cl)cc3Cl)cc3nc(C(=O)NC(CO)CO)cn23)nc1.O=C(O)C(F)(F)F. The molecule has 44 heavy (non-hydrogen) atoms. The van der Waals surface area contributed by atoms with Crippen molar-refractivity contribution in [1.29, 1.82) is 5.26 Å². The summed E-state index contributed by atoms with van der Waals surface area (Å²) in [5.74, 6) is -2.29. The molecule has 0 aliphatic heterocycles. The number of alkyl halides is 3. The van der Waals surface area contributed by atoms with E-state index in [0.717, 1.165) is 0 Å². The van der Waals surface area contributed by atoms with E-state index in [2.05, 4.69) is 30.9 Å². The predicted molar refractivity (Wildman–Crippen MR) is 153 cm³/mol. The molecule has 1 amide bonds. The number of carbonyl (C=O) groups excluding carboxylic acids is 1. The molecule has 0 spiro atoms. The number of fused-ring (bicyclic) bond motifs is 1. The van der Waals surface area contributed by atoms with E-state index >= 15 is 0 Å². The van der Waals surface area contributed by atoms with Crippen molar-refractivity contribution in [2.24, 2.45) is 0 Å². The first-order chi connectivity index (χ1) is 20.9. The number of rotatable bonds is 10. The van der Waals surface area contributed by atoms with Crippen molar-refractivity contribution in [3.63, 3.8) is 0 Å². The number of nitrogens with zero attached hydrogens (tertiary/aromatic N) is 5. The Bertz CT molecular complexity index is 1660. The van der Waals surface area contributed by atoms with Crippen molar-refractivity contribution in [3.8, 4) is 17.3 Å². The summed E-state index contributed by atoms with van der Waals surface area (Å²) in [6.07, 6.45) is -2.09. The molecule has 0 aliphatic rings. The Labute approximate surface area is 256 Å². The van der Waals surface area contributed by atoms with Crippen LogP contribution >= 0.6 is 23.2 Å². The van der Waals surface area contributed by atoms with Crippen LogP contribution in [0.5, 0.6) is 0 Å².